The van der Waals surface area contributed by atoms with Gasteiger partial charge in [0.2, 0.25) is 0 Å². The van der Waals surface area contributed by atoms with E-state index < -0.39 is 5.82 Å². The summed E-state index contributed by atoms with van der Waals surface area (Å²) in [5.41, 5.74) is 0.646. The van der Waals surface area contributed by atoms with E-state index in [-0.39, 0.29) is 17.4 Å². The summed E-state index contributed by atoms with van der Waals surface area (Å²) in [7, 11) is 0. The highest BCUT2D eigenvalue weighted by Gasteiger charge is 2.05. The van der Waals surface area contributed by atoms with E-state index in [0.717, 1.165) is 0 Å². The molecule has 0 amide bonds. The molecule has 18 heavy (non-hydrogen) atoms. The van der Waals surface area contributed by atoms with Gasteiger partial charge in [-0.25, -0.2) is 8.78 Å². The predicted octanol–water partition coefficient (Wildman–Crippen LogP) is 4.96. The Morgan fingerprint density at radius 3 is 2.56 bits per heavy atom. The molecule has 2 aromatic rings. The number of rotatable bonds is 3. The van der Waals surface area contributed by atoms with E-state index in [1.807, 2.05) is 0 Å². The standard InChI is InChI=1S/C13H8BrClF2O/c14-10-6-9(16)2-4-13(10)18-7-8-1-3-11(15)12(17)5-8/h1-6H,7H2. The van der Waals surface area contributed by atoms with Crippen LogP contribution in [0.4, 0.5) is 8.78 Å². The molecule has 94 valence electrons. The molecular weight excluding hydrogens is 325 g/mol. The zero-order chi connectivity index (χ0) is 13.1. The van der Waals surface area contributed by atoms with Crippen LogP contribution in [0, 0.1) is 11.6 Å². The maximum absolute atomic E-state index is 13.2. The third-order valence-corrected chi connectivity index (χ3v) is 3.20. The second-order valence-corrected chi connectivity index (χ2v) is 4.87. The average Bonchev–Trinajstić information content (AvgIpc) is 2.32. The van der Waals surface area contributed by atoms with Gasteiger partial charge in [-0.15, -0.1) is 0 Å². The van der Waals surface area contributed by atoms with E-state index in [1.165, 1.54) is 30.3 Å². The van der Waals surface area contributed by atoms with Crippen LogP contribution >= 0.6 is 27.5 Å². The first kappa shape index (κ1) is 13.3. The summed E-state index contributed by atoms with van der Waals surface area (Å²) in [6.45, 7) is 0.179. The average molecular weight is 334 g/mol. The molecule has 0 unspecified atom stereocenters. The Hall–Kier alpha value is -1.13. The lowest BCUT2D eigenvalue weighted by atomic mass is 10.2. The van der Waals surface area contributed by atoms with Gasteiger partial charge in [-0.3, -0.25) is 0 Å². The van der Waals surface area contributed by atoms with Crippen LogP contribution in [0.3, 0.4) is 0 Å². The smallest absolute Gasteiger partial charge is 0.142 e. The Bertz CT molecular complexity index is 575. The van der Waals surface area contributed by atoms with E-state index in [1.54, 1.807) is 6.07 Å². The highest BCUT2D eigenvalue weighted by atomic mass is 79.9. The number of benzene rings is 2. The van der Waals surface area contributed by atoms with Crippen molar-refractivity contribution in [2.75, 3.05) is 0 Å². The van der Waals surface area contributed by atoms with Crippen molar-refractivity contribution in [3.63, 3.8) is 0 Å². The van der Waals surface area contributed by atoms with Crippen molar-refractivity contribution in [1.82, 2.24) is 0 Å². The van der Waals surface area contributed by atoms with E-state index in [4.69, 9.17) is 16.3 Å². The van der Waals surface area contributed by atoms with Crippen molar-refractivity contribution in [3.05, 3.63) is 63.1 Å². The van der Waals surface area contributed by atoms with Gasteiger partial charge in [0.25, 0.3) is 0 Å². The van der Waals surface area contributed by atoms with Gasteiger partial charge in [0.15, 0.2) is 0 Å². The topological polar surface area (TPSA) is 9.23 Å². The lowest BCUT2D eigenvalue weighted by Gasteiger charge is -2.08. The summed E-state index contributed by atoms with van der Waals surface area (Å²) < 4.78 is 32.0. The highest BCUT2D eigenvalue weighted by Crippen LogP contribution is 2.26. The predicted molar refractivity (Wildman–Crippen MR) is 69.8 cm³/mol. The maximum Gasteiger partial charge on any atom is 0.142 e. The zero-order valence-electron chi connectivity index (χ0n) is 9.09. The summed E-state index contributed by atoms with van der Waals surface area (Å²) in [5, 5.41) is 0.0710. The summed E-state index contributed by atoms with van der Waals surface area (Å²) in [4.78, 5) is 0. The lowest BCUT2D eigenvalue weighted by Crippen LogP contribution is -1.97. The van der Waals surface area contributed by atoms with Crippen LogP contribution in [0.5, 0.6) is 5.75 Å². The summed E-state index contributed by atoms with van der Waals surface area (Å²) in [6.07, 6.45) is 0. The Labute approximate surface area is 116 Å². The van der Waals surface area contributed by atoms with Crippen LogP contribution in [0.25, 0.3) is 0 Å². The summed E-state index contributed by atoms with van der Waals surface area (Å²) >= 11 is 8.76. The summed E-state index contributed by atoms with van der Waals surface area (Å²) in [5.74, 6) is -0.352. The van der Waals surface area contributed by atoms with E-state index in [2.05, 4.69) is 15.9 Å². The van der Waals surface area contributed by atoms with Gasteiger partial charge in [0, 0.05) is 0 Å². The number of hydrogen-bond acceptors (Lipinski definition) is 1. The molecule has 0 saturated heterocycles. The van der Waals surface area contributed by atoms with Crippen LogP contribution in [0.2, 0.25) is 5.02 Å². The van der Waals surface area contributed by atoms with Gasteiger partial charge < -0.3 is 4.74 Å². The van der Waals surface area contributed by atoms with Crippen molar-refractivity contribution in [2.24, 2.45) is 0 Å². The molecule has 0 heterocycles. The van der Waals surface area contributed by atoms with Gasteiger partial charge >= 0.3 is 0 Å². The minimum Gasteiger partial charge on any atom is -0.488 e. The van der Waals surface area contributed by atoms with Crippen LogP contribution in [0.15, 0.2) is 40.9 Å². The molecule has 0 radical (unpaired) electrons. The monoisotopic (exact) mass is 332 g/mol. The van der Waals surface area contributed by atoms with Gasteiger partial charge in [0.1, 0.15) is 24.0 Å². The van der Waals surface area contributed by atoms with Gasteiger partial charge in [0.05, 0.1) is 9.50 Å². The molecule has 0 aliphatic carbocycles. The largest absolute Gasteiger partial charge is 0.488 e. The number of halogens is 4. The van der Waals surface area contributed by atoms with E-state index in [9.17, 15) is 8.78 Å². The molecule has 0 bridgehead atoms. The molecule has 5 heteroatoms. The fourth-order valence-electron chi connectivity index (χ4n) is 1.38. The molecule has 0 aliphatic rings. The first-order chi connectivity index (χ1) is 8.56. The third-order valence-electron chi connectivity index (χ3n) is 2.27. The first-order valence-electron chi connectivity index (χ1n) is 5.08. The maximum atomic E-state index is 13.2. The quantitative estimate of drug-likeness (QED) is 0.771. The van der Waals surface area contributed by atoms with Crippen LogP contribution in [0.1, 0.15) is 5.56 Å². The van der Waals surface area contributed by atoms with Gasteiger partial charge in [-0.1, -0.05) is 17.7 Å². The molecule has 0 fully saturated rings. The Morgan fingerprint density at radius 1 is 1.11 bits per heavy atom. The second kappa shape index (κ2) is 5.67. The lowest BCUT2D eigenvalue weighted by molar-refractivity contribution is 0.303. The normalized spacial score (nSPS) is 10.4. The highest BCUT2D eigenvalue weighted by molar-refractivity contribution is 9.10. The minimum atomic E-state index is -0.490. The Morgan fingerprint density at radius 2 is 1.89 bits per heavy atom. The van der Waals surface area contributed by atoms with Crippen molar-refractivity contribution in [2.45, 2.75) is 6.61 Å². The second-order valence-electron chi connectivity index (χ2n) is 3.61. The molecule has 0 spiro atoms. The van der Waals surface area contributed by atoms with Gasteiger partial charge in [-0.2, -0.15) is 0 Å². The molecule has 2 rings (SSSR count). The van der Waals surface area contributed by atoms with Crippen LogP contribution < -0.4 is 4.74 Å². The Kier molecular flexibility index (Phi) is 4.19. The molecule has 2 aromatic carbocycles. The van der Waals surface area contributed by atoms with Crippen LogP contribution in [-0.4, -0.2) is 0 Å². The molecule has 1 nitrogen and oxygen atoms in total. The van der Waals surface area contributed by atoms with Crippen molar-refractivity contribution >= 4 is 27.5 Å². The first-order valence-corrected chi connectivity index (χ1v) is 6.25. The number of ether oxygens (including phenoxy) is 1. The minimum absolute atomic E-state index is 0.0710. The molecule has 0 aliphatic heterocycles. The molecule has 0 atom stereocenters. The molecular formula is C13H8BrClF2O. The molecule has 0 saturated carbocycles. The molecule has 0 N–H and O–H groups in total. The fraction of sp³-hybridized carbons (Fsp3) is 0.0769. The SMILES string of the molecule is Fc1ccc(OCc2ccc(Cl)c(F)c2)c(Br)c1. The van der Waals surface area contributed by atoms with Crippen molar-refractivity contribution in [3.8, 4) is 5.75 Å². The van der Waals surface area contributed by atoms with Crippen molar-refractivity contribution in [1.29, 1.82) is 0 Å². The number of hydrogen-bond donors (Lipinski definition) is 0. The molecule has 0 aromatic heterocycles. The van der Waals surface area contributed by atoms with Crippen LogP contribution in [-0.2, 0) is 6.61 Å². The Balaban J connectivity index is 2.09. The van der Waals surface area contributed by atoms with E-state index >= 15 is 0 Å². The summed E-state index contributed by atoms with van der Waals surface area (Å²) in [6, 6.07) is 8.55. The fourth-order valence-corrected chi connectivity index (χ4v) is 1.97. The van der Waals surface area contributed by atoms with Gasteiger partial charge in [-0.05, 0) is 51.8 Å². The van der Waals surface area contributed by atoms with Crippen molar-refractivity contribution < 1.29 is 13.5 Å². The van der Waals surface area contributed by atoms with E-state index in [0.29, 0.717) is 15.8 Å². The third kappa shape index (κ3) is 3.21. The zero-order valence-corrected chi connectivity index (χ0v) is 11.4.